The van der Waals surface area contributed by atoms with Crippen LogP contribution in [0.3, 0.4) is 0 Å². The van der Waals surface area contributed by atoms with E-state index in [9.17, 15) is 8.42 Å². The summed E-state index contributed by atoms with van der Waals surface area (Å²) in [7, 11) is -3.56. The number of rotatable bonds is 5. The van der Waals surface area contributed by atoms with Crippen molar-refractivity contribution in [3.63, 3.8) is 0 Å². The summed E-state index contributed by atoms with van der Waals surface area (Å²) in [4.78, 5) is 0.985. The Bertz CT molecular complexity index is 695. The second-order valence-corrected chi connectivity index (χ2v) is 7.45. The summed E-state index contributed by atoms with van der Waals surface area (Å²) in [6.45, 7) is 4.15. The number of hydrogen-bond acceptors (Lipinski definition) is 3. The zero-order valence-electron chi connectivity index (χ0n) is 11.3. The van der Waals surface area contributed by atoms with Gasteiger partial charge in [0.2, 0.25) is 0 Å². The van der Waals surface area contributed by atoms with Crippen LogP contribution >= 0.6 is 22.9 Å². The maximum absolute atomic E-state index is 12.8. The maximum atomic E-state index is 12.8. The first-order valence-electron chi connectivity index (χ1n) is 6.22. The van der Waals surface area contributed by atoms with Gasteiger partial charge in [-0.15, -0.1) is 22.9 Å². The van der Waals surface area contributed by atoms with Gasteiger partial charge >= 0.3 is 0 Å². The van der Waals surface area contributed by atoms with E-state index in [1.165, 1.54) is 15.6 Å². The number of sulfonamides is 1. The van der Waals surface area contributed by atoms with Gasteiger partial charge in [-0.05, 0) is 43.0 Å². The smallest absolute Gasteiger partial charge is 0.265 e. The zero-order chi connectivity index (χ0) is 14.8. The first-order valence-corrected chi connectivity index (χ1v) is 9.08. The Balaban J connectivity index is 2.51. The molecule has 0 bridgehead atoms. The lowest BCUT2D eigenvalue weighted by atomic mass is 10.2. The molecule has 0 aliphatic heterocycles. The maximum Gasteiger partial charge on any atom is 0.265 e. The van der Waals surface area contributed by atoms with Gasteiger partial charge in [0, 0.05) is 11.4 Å². The minimum atomic E-state index is -3.56. The Morgan fingerprint density at radius 3 is 2.65 bits per heavy atom. The number of aryl methyl sites for hydroxylation is 1. The molecule has 0 saturated heterocycles. The van der Waals surface area contributed by atoms with Crippen molar-refractivity contribution in [1.29, 1.82) is 0 Å². The molecule has 1 heterocycles. The molecule has 2 aromatic rings. The minimum Gasteiger partial charge on any atom is -0.267 e. The second-order valence-electron chi connectivity index (χ2n) is 4.35. The number of anilines is 1. The quantitative estimate of drug-likeness (QED) is 0.777. The molecule has 0 unspecified atom stereocenters. The molecule has 0 saturated carbocycles. The van der Waals surface area contributed by atoms with Gasteiger partial charge < -0.3 is 0 Å². The molecule has 1 aromatic carbocycles. The van der Waals surface area contributed by atoms with Gasteiger partial charge in [0.15, 0.2) is 0 Å². The van der Waals surface area contributed by atoms with Crippen LogP contribution in [0.2, 0.25) is 0 Å². The molecule has 0 radical (unpaired) electrons. The molecule has 108 valence electrons. The average molecular weight is 330 g/mol. The van der Waals surface area contributed by atoms with Crippen molar-refractivity contribution >= 4 is 38.6 Å². The molecule has 0 aliphatic rings. The average Bonchev–Trinajstić information content (AvgIpc) is 2.88. The molecule has 3 nitrogen and oxygen atoms in total. The molecular weight excluding hydrogens is 314 g/mol. The lowest BCUT2D eigenvalue weighted by Gasteiger charge is -2.23. The van der Waals surface area contributed by atoms with E-state index in [0.29, 0.717) is 22.0 Å². The van der Waals surface area contributed by atoms with E-state index in [1.807, 2.05) is 32.0 Å². The second kappa shape index (κ2) is 6.16. The van der Waals surface area contributed by atoms with Crippen LogP contribution in [0.5, 0.6) is 0 Å². The molecule has 2 rings (SSSR count). The summed E-state index contributed by atoms with van der Waals surface area (Å²) in [5.41, 5.74) is 1.71. The van der Waals surface area contributed by atoms with Crippen molar-refractivity contribution in [2.24, 2.45) is 0 Å². The monoisotopic (exact) mass is 329 g/mol. The number of thiophene rings is 1. The van der Waals surface area contributed by atoms with Gasteiger partial charge in [-0.25, -0.2) is 8.42 Å². The van der Waals surface area contributed by atoms with Gasteiger partial charge in [0.1, 0.15) is 4.90 Å². The molecule has 1 aromatic heterocycles. The van der Waals surface area contributed by atoms with E-state index < -0.39 is 10.0 Å². The third kappa shape index (κ3) is 2.85. The Hall–Kier alpha value is -1.04. The van der Waals surface area contributed by atoms with E-state index in [4.69, 9.17) is 11.6 Å². The van der Waals surface area contributed by atoms with Crippen LogP contribution in [0.1, 0.15) is 17.4 Å². The van der Waals surface area contributed by atoms with Gasteiger partial charge in [0.05, 0.1) is 11.6 Å². The van der Waals surface area contributed by atoms with Gasteiger partial charge in [-0.1, -0.05) is 12.1 Å². The van der Waals surface area contributed by atoms with Crippen molar-refractivity contribution in [3.05, 3.63) is 46.2 Å². The van der Waals surface area contributed by atoms with Crippen LogP contribution in [0.4, 0.5) is 5.69 Å². The highest BCUT2D eigenvalue weighted by molar-refractivity contribution is 7.93. The van der Waals surface area contributed by atoms with Crippen LogP contribution in [0, 0.1) is 6.92 Å². The normalized spacial score (nSPS) is 11.6. The summed E-state index contributed by atoms with van der Waals surface area (Å²) < 4.78 is 27.0. The Kier molecular flexibility index (Phi) is 4.73. The highest BCUT2D eigenvalue weighted by Crippen LogP contribution is 2.30. The topological polar surface area (TPSA) is 37.4 Å². The van der Waals surface area contributed by atoms with E-state index in [1.54, 1.807) is 17.5 Å². The SMILES string of the molecule is CCN(c1cccc(C)c1)S(=O)(=O)c1ccsc1CCl. The fourth-order valence-electron chi connectivity index (χ4n) is 2.05. The van der Waals surface area contributed by atoms with Crippen LogP contribution < -0.4 is 4.31 Å². The van der Waals surface area contributed by atoms with E-state index in [-0.39, 0.29) is 5.88 Å². The van der Waals surface area contributed by atoms with Gasteiger partial charge in [0.25, 0.3) is 10.0 Å². The van der Waals surface area contributed by atoms with Crippen molar-refractivity contribution in [3.8, 4) is 0 Å². The van der Waals surface area contributed by atoms with E-state index >= 15 is 0 Å². The van der Waals surface area contributed by atoms with Crippen molar-refractivity contribution in [1.82, 2.24) is 0 Å². The number of benzene rings is 1. The zero-order valence-corrected chi connectivity index (χ0v) is 13.7. The molecule has 0 aliphatic carbocycles. The summed E-state index contributed by atoms with van der Waals surface area (Å²) in [6.07, 6.45) is 0. The first-order chi connectivity index (χ1) is 9.50. The van der Waals surface area contributed by atoms with Crippen LogP contribution in [0.25, 0.3) is 0 Å². The van der Waals surface area contributed by atoms with Crippen LogP contribution in [-0.4, -0.2) is 15.0 Å². The molecule has 0 fully saturated rings. The number of alkyl halides is 1. The van der Waals surface area contributed by atoms with Crippen molar-refractivity contribution in [2.75, 3.05) is 10.8 Å². The Labute approximate surface area is 128 Å². The van der Waals surface area contributed by atoms with E-state index in [2.05, 4.69) is 0 Å². The van der Waals surface area contributed by atoms with Crippen LogP contribution in [-0.2, 0) is 15.9 Å². The molecule has 0 N–H and O–H groups in total. The minimum absolute atomic E-state index is 0.206. The highest BCUT2D eigenvalue weighted by atomic mass is 35.5. The third-order valence-corrected chi connectivity index (χ3v) is 6.43. The van der Waals surface area contributed by atoms with Crippen LogP contribution in [0.15, 0.2) is 40.6 Å². The summed E-state index contributed by atoms with van der Waals surface area (Å²) in [5.74, 6) is 0.206. The van der Waals surface area contributed by atoms with Crippen molar-refractivity contribution < 1.29 is 8.42 Å². The van der Waals surface area contributed by atoms with Crippen molar-refractivity contribution in [2.45, 2.75) is 24.6 Å². The standard InChI is InChI=1S/C14H16ClNO2S2/c1-3-16(12-6-4-5-11(2)9-12)20(17,18)14-7-8-19-13(14)10-15/h4-9H,3,10H2,1-2H3. The number of halogens is 1. The fraction of sp³-hybridized carbons (Fsp3) is 0.286. The molecule has 0 spiro atoms. The lowest BCUT2D eigenvalue weighted by molar-refractivity contribution is 0.591. The predicted octanol–water partition coefficient (Wildman–Crippen LogP) is 4.01. The fourth-order valence-corrected chi connectivity index (χ4v) is 5.19. The molecule has 20 heavy (non-hydrogen) atoms. The molecule has 0 amide bonds. The number of nitrogens with zero attached hydrogens (tertiary/aromatic N) is 1. The van der Waals surface area contributed by atoms with Gasteiger partial charge in [-0.3, -0.25) is 4.31 Å². The number of hydrogen-bond donors (Lipinski definition) is 0. The molecule has 6 heteroatoms. The summed E-state index contributed by atoms with van der Waals surface area (Å²) >= 11 is 7.19. The summed E-state index contributed by atoms with van der Waals surface area (Å²) in [6, 6.07) is 9.10. The lowest BCUT2D eigenvalue weighted by Crippen LogP contribution is -2.31. The summed E-state index contributed by atoms with van der Waals surface area (Å²) in [5, 5.41) is 1.76. The molecular formula is C14H16ClNO2S2. The van der Waals surface area contributed by atoms with E-state index in [0.717, 1.165) is 5.56 Å². The Morgan fingerprint density at radius 1 is 1.30 bits per heavy atom. The Morgan fingerprint density at radius 2 is 2.05 bits per heavy atom. The largest absolute Gasteiger partial charge is 0.267 e. The third-order valence-electron chi connectivity index (χ3n) is 2.97. The first kappa shape index (κ1) is 15.4. The predicted molar refractivity (Wildman–Crippen MR) is 85.3 cm³/mol. The molecule has 0 atom stereocenters. The highest BCUT2D eigenvalue weighted by Gasteiger charge is 2.26. The van der Waals surface area contributed by atoms with Gasteiger partial charge in [-0.2, -0.15) is 0 Å².